The van der Waals surface area contributed by atoms with Crippen LogP contribution >= 0.6 is 15.9 Å². The second kappa shape index (κ2) is 7.09. The summed E-state index contributed by atoms with van der Waals surface area (Å²) < 4.78 is 41.5. The molecular weight excluding hydrogens is 343 g/mol. The van der Waals surface area contributed by atoms with Crippen LogP contribution in [-0.4, -0.2) is 6.54 Å². The molecule has 2 aromatic rings. The lowest BCUT2D eigenvalue weighted by Gasteiger charge is -2.20. The molecule has 1 atom stereocenters. The zero-order valence-corrected chi connectivity index (χ0v) is 13.1. The van der Waals surface area contributed by atoms with Gasteiger partial charge < -0.3 is 5.32 Å². The van der Waals surface area contributed by atoms with E-state index in [1.54, 1.807) is 12.1 Å². The van der Waals surface area contributed by atoms with Gasteiger partial charge in [0.1, 0.15) is 5.82 Å². The maximum Gasteiger partial charge on any atom is 0.163 e. The molecule has 0 saturated carbocycles. The van der Waals surface area contributed by atoms with Crippen molar-refractivity contribution >= 4 is 15.9 Å². The van der Waals surface area contributed by atoms with Gasteiger partial charge in [-0.1, -0.05) is 25.1 Å². The van der Waals surface area contributed by atoms with Crippen LogP contribution in [0.25, 0.3) is 0 Å². The molecule has 1 nitrogen and oxygen atoms in total. The van der Waals surface area contributed by atoms with Crippen molar-refractivity contribution in [3.05, 3.63) is 69.4 Å². The second-order valence-electron chi connectivity index (χ2n) is 4.70. The van der Waals surface area contributed by atoms with Crippen LogP contribution in [0.4, 0.5) is 13.2 Å². The number of benzene rings is 2. The standard InChI is InChI=1S/C16H15BrF3N/c1-2-8-21-16(10-6-7-12(17)14(19)9-10)11-4-3-5-13(18)15(11)20/h3-7,9,16,21H,2,8H2,1H3. The van der Waals surface area contributed by atoms with Gasteiger partial charge in [-0.05, 0) is 52.7 Å². The Bertz CT molecular complexity index is 631. The predicted octanol–water partition coefficient (Wildman–Crippen LogP) is 4.96. The van der Waals surface area contributed by atoms with Crippen molar-refractivity contribution < 1.29 is 13.2 Å². The topological polar surface area (TPSA) is 12.0 Å². The Morgan fingerprint density at radius 1 is 1.10 bits per heavy atom. The van der Waals surface area contributed by atoms with Gasteiger partial charge in [-0.15, -0.1) is 0 Å². The first kappa shape index (κ1) is 16.0. The summed E-state index contributed by atoms with van der Waals surface area (Å²) in [5.41, 5.74) is 0.721. The van der Waals surface area contributed by atoms with Crippen LogP contribution in [0.5, 0.6) is 0 Å². The number of halogens is 4. The van der Waals surface area contributed by atoms with E-state index >= 15 is 0 Å². The van der Waals surface area contributed by atoms with Gasteiger partial charge in [-0.2, -0.15) is 0 Å². The van der Waals surface area contributed by atoms with E-state index in [1.165, 1.54) is 18.2 Å². The highest BCUT2D eigenvalue weighted by atomic mass is 79.9. The molecule has 0 heterocycles. The summed E-state index contributed by atoms with van der Waals surface area (Å²) in [5.74, 6) is -2.25. The van der Waals surface area contributed by atoms with Gasteiger partial charge in [0.05, 0.1) is 10.5 Å². The molecule has 5 heteroatoms. The van der Waals surface area contributed by atoms with Gasteiger partial charge in [0.2, 0.25) is 0 Å². The van der Waals surface area contributed by atoms with E-state index in [2.05, 4.69) is 21.2 Å². The molecule has 0 spiro atoms. The number of rotatable bonds is 5. The lowest BCUT2D eigenvalue weighted by molar-refractivity contribution is 0.479. The summed E-state index contributed by atoms with van der Waals surface area (Å²) >= 11 is 3.08. The summed E-state index contributed by atoms with van der Waals surface area (Å²) in [6.45, 7) is 2.58. The minimum atomic E-state index is -0.909. The maximum absolute atomic E-state index is 14.0. The van der Waals surface area contributed by atoms with Crippen molar-refractivity contribution in [3.63, 3.8) is 0 Å². The van der Waals surface area contributed by atoms with Gasteiger partial charge in [-0.3, -0.25) is 0 Å². The van der Waals surface area contributed by atoms with Crippen LogP contribution in [0.2, 0.25) is 0 Å². The maximum atomic E-state index is 14.0. The molecule has 0 saturated heterocycles. The number of hydrogen-bond acceptors (Lipinski definition) is 1. The third-order valence-electron chi connectivity index (χ3n) is 3.17. The molecular formula is C16H15BrF3N. The third kappa shape index (κ3) is 3.66. The largest absolute Gasteiger partial charge is 0.306 e. The first-order valence-electron chi connectivity index (χ1n) is 6.66. The number of nitrogens with one attached hydrogen (secondary N) is 1. The van der Waals surface area contributed by atoms with Crippen LogP contribution in [0.15, 0.2) is 40.9 Å². The van der Waals surface area contributed by atoms with Crippen LogP contribution in [-0.2, 0) is 0 Å². The van der Waals surface area contributed by atoms with Crippen molar-refractivity contribution in [2.75, 3.05) is 6.54 Å². The van der Waals surface area contributed by atoms with Crippen molar-refractivity contribution in [1.29, 1.82) is 0 Å². The number of hydrogen-bond donors (Lipinski definition) is 1. The molecule has 21 heavy (non-hydrogen) atoms. The smallest absolute Gasteiger partial charge is 0.163 e. The minimum absolute atomic E-state index is 0.171. The Morgan fingerprint density at radius 2 is 1.86 bits per heavy atom. The van der Waals surface area contributed by atoms with E-state index < -0.39 is 23.5 Å². The van der Waals surface area contributed by atoms with E-state index in [-0.39, 0.29) is 5.56 Å². The first-order valence-corrected chi connectivity index (χ1v) is 7.46. The molecule has 0 aliphatic rings. The molecule has 1 N–H and O–H groups in total. The monoisotopic (exact) mass is 357 g/mol. The lowest BCUT2D eigenvalue weighted by atomic mass is 9.97. The van der Waals surface area contributed by atoms with Gasteiger partial charge >= 0.3 is 0 Å². The molecule has 0 bridgehead atoms. The van der Waals surface area contributed by atoms with Crippen molar-refractivity contribution in [2.45, 2.75) is 19.4 Å². The van der Waals surface area contributed by atoms with E-state index in [0.29, 0.717) is 16.6 Å². The van der Waals surface area contributed by atoms with E-state index in [1.807, 2.05) is 6.92 Å². The zero-order valence-electron chi connectivity index (χ0n) is 11.5. The third-order valence-corrected chi connectivity index (χ3v) is 3.81. The summed E-state index contributed by atoms with van der Waals surface area (Å²) in [6, 6.07) is 7.99. The van der Waals surface area contributed by atoms with E-state index in [9.17, 15) is 13.2 Å². The highest BCUT2D eigenvalue weighted by Crippen LogP contribution is 2.28. The molecule has 112 valence electrons. The minimum Gasteiger partial charge on any atom is -0.306 e. The molecule has 0 radical (unpaired) electrons. The fourth-order valence-electron chi connectivity index (χ4n) is 2.13. The van der Waals surface area contributed by atoms with Crippen molar-refractivity contribution in [1.82, 2.24) is 5.32 Å². The van der Waals surface area contributed by atoms with Gasteiger partial charge in [-0.25, -0.2) is 13.2 Å². The summed E-state index contributed by atoms with van der Waals surface area (Å²) in [5, 5.41) is 3.13. The molecule has 0 aliphatic heterocycles. The average Bonchev–Trinajstić information content (AvgIpc) is 2.47. The summed E-state index contributed by atoms with van der Waals surface area (Å²) in [6.07, 6.45) is 0.826. The van der Waals surface area contributed by atoms with E-state index in [0.717, 1.165) is 12.5 Å². The average molecular weight is 358 g/mol. The molecule has 0 aliphatic carbocycles. The van der Waals surface area contributed by atoms with Crippen molar-refractivity contribution in [2.24, 2.45) is 0 Å². The van der Waals surface area contributed by atoms with Gasteiger partial charge in [0.25, 0.3) is 0 Å². The fraction of sp³-hybridized carbons (Fsp3) is 0.250. The second-order valence-corrected chi connectivity index (χ2v) is 5.56. The molecule has 0 amide bonds. The van der Waals surface area contributed by atoms with Gasteiger partial charge in [0, 0.05) is 5.56 Å². The fourth-order valence-corrected chi connectivity index (χ4v) is 2.38. The highest BCUT2D eigenvalue weighted by molar-refractivity contribution is 9.10. The normalized spacial score (nSPS) is 12.4. The lowest BCUT2D eigenvalue weighted by Crippen LogP contribution is -2.24. The van der Waals surface area contributed by atoms with E-state index in [4.69, 9.17) is 0 Å². The predicted molar refractivity (Wildman–Crippen MR) is 80.6 cm³/mol. The Hall–Kier alpha value is -1.33. The summed E-state index contributed by atoms with van der Waals surface area (Å²) in [7, 11) is 0. The molecule has 1 unspecified atom stereocenters. The highest BCUT2D eigenvalue weighted by Gasteiger charge is 2.20. The Balaban J connectivity index is 2.47. The summed E-state index contributed by atoms with van der Waals surface area (Å²) in [4.78, 5) is 0. The van der Waals surface area contributed by atoms with Crippen molar-refractivity contribution in [3.8, 4) is 0 Å². The van der Waals surface area contributed by atoms with Crippen LogP contribution in [0, 0.1) is 17.5 Å². The van der Waals surface area contributed by atoms with Crippen LogP contribution in [0.3, 0.4) is 0 Å². The molecule has 0 aromatic heterocycles. The molecule has 2 aromatic carbocycles. The first-order chi connectivity index (χ1) is 10.0. The molecule has 0 fully saturated rings. The molecule has 2 rings (SSSR count). The SMILES string of the molecule is CCCNC(c1ccc(Br)c(F)c1)c1cccc(F)c1F. The zero-order chi connectivity index (χ0) is 15.4. The van der Waals surface area contributed by atoms with Crippen LogP contribution in [0.1, 0.15) is 30.5 Å². The quantitative estimate of drug-likeness (QED) is 0.797. The Labute approximate surface area is 130 Å². The Morgan fingerprint density at radius 3 is 2.52 bits per heavy atom. The van der Waals surface area contributed by atoms with Gasteiger partial charge in [0.15, 0.2) is 11.6 Å². The Kier molecular flexibility index (Phi) is 5.42. The van der Waals surface area contributed by atoms with Crippen LogP contribution < -0.4 is 5.32 Å².